The molecule has 0 bridgehead atoms. The van der Waals surface area contributed by atoms with Crippen LogP contribution in [0.5, 0.6) is 5.75 Å². The van der Waals surface area contributed by atoms with Crippen LogP contribution in [0.25, 0.3) is 0 Å². The topological polar surface area (TPSA) is 21.3 Å². The molecule has 0 fully saturated rings. The Morgan fingerprint density at radius 3 is 2.60 bits per heavy atom. The van der Waals surface area contributed by atoms with Crippen molar-refractivity contribution in [3.8, 4) is 5.75 Å². The Hall–Kier alpha value is -1.17. The first kappa shape index (κ1) is 15.2. The summed E-state index contributed by atoms with van der Waals surface area (Å²) in [5.74, 6) is 0.150. The SMILES string of the molecule is CNC(c1cccc(OC(F)F)c1)c1cc(C)c(Cl)s1. The number of ether oxygens (including phenoxy) is 1. The molecule has 1 N–H and O–H groups in total. The number of aryl methyl sites for hydroxylation is 1. The van der Waals surface area contributed by atoms with Gasteiger partial charge in [0.2, 0.25) is 0 Å². The lowest BCUT2D eigenvalue weighted by atomic mass is 10.0. The van der Waals surface area contributed by atoms with Crippen LogP contribution in [-0.4, -0.2) is 13.7 Å². The minimum Gasteiger partial charge on any atom is -0.435 e. The first-order valence-electron chi connectivity index (χ1n) is 5.99. The van der Waals surface area contributed by atoms with Crippen LogP contribution in [0.15, 0.2) is 30.3 Å². The number of thiophene rings is 1. The molecule has 108 valence electrons. The summed E-state index contributed by atoms with van der Waals surface area (Å²) in [7, 11) is 1.81. The maximum Gasteiger partial charge on any atom is 0.387 e. The van der Waals surface area contributed by atoms with Crippen molar-refractivity contribution in [2.75, 3.05) is 7.05 Å². The van der Waals surface area contributed by atoms with E-state index in [4.69, 9.17) is 11.6 Å². The number of benzene rings is 1. The van der Waals surface area contributed by atoms with Gasteiger partial charge in [-0.25, -0.2) is 0 Å². The summed E-state index contributed by atoms with van der Waals surface area (Å²) in [6, 6.07) is 8.56. The van der Waals surface area contributed by atoms with E-state index in [1.54, 1.807) is 12.1 Å². The second-order valence-corrected chi connectivity index (χ2v) is 5.96. The largest absolute Gasteiger partial charge is 0.435 e. The summed E-state index contributed by atoms with van der Waals surface area (Å²) in [5.41, 5.74) is 1.86. The Labute approximate surface area is 125 Å². The van der Waals surface area contributed by atoms with Gasteiger partial charge in [-0.05, 0) is 43.3 Å². The Morgan fingerprint density at radius 2 is 2.05 bits per heavy atom. The Bertz CT molecular complexity index is 569. The van der Waals surface area contributed by atoms with Gasteiger partial charge in [0.05, 0.1) is 10.4 Å². The van der Waals surface area contributed by atoms with Gasteiger partial charge in [-0.3, -0.25) is 0 Å². The van der Waals surface area contributed by atoms with Gasteiger partial charge < -0.3 is 10.1 Å². The molecule has 1 aromatic carbocycles. The first-order valence-corrected chi connectivity index (χ1v) is 7.18. The Morgan fingerprint density at radius 1 is 1.30 bits per heavy atom. The highest BCUT2D eigenvalue weighted by Gasteiger charge is 2.17. The molecule has 0 saturated carbocycles. The molecule has 1 unspecified atom stereocenters. The van der Waals surface area contributed by atoms with Crippen LogP contribution in [0, 0.1) is 6.92 Å². The molecule has 2 aromatic rings. The maximum atomic E-state index is 12.3. The second kappa shape index (κ2) is 6.52. The maximum absolute atomic E-state index is 12.3. The fourth-order valence-electron chi connectivity index (χ4n) is 1.97. The van der Waals surface area contributed by atoms with E-state index in [1.165, 1.54) is 17.4 Å². The minimum absolute atomic E-state index is 0.104. The summed E-state index contributed by atoms with van der Waals surface area (Å²) < 4.78 is 29.7. The normalized spacial score (nSPS) is 12.7. The van der Waals surface area contributed by atoms with E-state index in [0.29, 0.717) is 0 Å². The fraction of sp³-hybridized carbons (Fsp3) is 0.286. The van der Waals surface area contributed by atoms with Gasteiger partial charge in [0, 0.05) is 4.88 Å². The van der Waals surface area contributed by atoms with Crippen molar-refractivity contribution < 1.29 is 13.5 Å². The number of hydrogen-bond acceptors (Lipinski definition) is 3. The smallest absolute Gasteiger partial charge is 0.387 e. The second-order valence-electron chi connectivity index (χ2n) is 4.28. The van der Waals surface area contributed by atoms with Crippen LogP contribution in [-0.2, 0) is 0 Å². The monoisotopic (exact) mass is 317 g/mol. The molecule has 1 atom stereocenters. The van der Waals surface area contributed by atoms with Gasteiger partial charge in [0.15, 0.2) is 0 Å². The molecule has 1 heterocycles. The highest BCUT2D eigenvalue weighted by atomic mass is 35.5. The van der Waals surface area contributed by atoms with E-state index in [9.17, 15) is 8.78 Å². The molecule has 20 heavy (non-hydrogen) atoms. The number of nitrogens with one attached hydrogen (secondary N) is 1. The average Bonchev–Trinajstić information content (AvgIpc) is 2.70. The van der Waals surface area contributed by atoms with Gasteiger partial charge >= 0.3 is 6.61 Å². The molecule has 0 aliphatic heterocycles. The van der Waals surface area contributed by atoms with Crippen LogP contribution in [0.1, 0.15) is 22.0 Å². The predicted octanol–water partition coefficient (Wildman–Crippen LogP) is 4.62. The van der Waals surface area contributed by atoms with Gasteiger partial charge in [-0.2, -0.15) is 8.78 Å². The van der Waals surface area contributed by atoms with Crippen molar-refractivity contribution in [3.05, 3.63) is 50.7 Å². The van der Waals surface area contributed by atoms with E-state index in [2.05, 4.69) is 10.1 Å². The van der Waals surface area contributed by atoms with Crippen LogP contribution < -0.4 is 10.1 Å². The standard InChI is InChI=1S/C14H14ClF2NOS/c1-8-6-11(20-13(8)15)12(18-2)9-4-3-5-10(7-9)19-14(16)17/h3-7,12,14,18H,1-2H3. The molecule has 0 spiro atoms. The highest BCUT2D eigenvalue weighted by Crippen LogP contribution is 2.34. The molecule has 1 aromatic heterocycles. The quantitative estimate of drug-likeness (QED) is 0.868. The molecule has 0 amide bonds. The molecule has 0 aliphatic carbocycles. The van der Waals surface area contributed by atoms with Crippen molar-refractivity contribution in [1.82, 2.24) is 5.32 Å². The van der Waals surface area contributed by atoms with Gasteiger partial charge in [-0.1, -0.05) is 23.7 Å². The zero-order valence-electron chi connectivity index (χ0n) is 11.0. The number of halogens is 3. The molecule has 2 rings (SSSR count). The third-order valence-electron chi connectivity index (χ3n) is 2.87. The molecule has 2 nitrogen and oxygen atoms in total. The molecule has 6 heteroatoms. The molecule has 0 aliphatic rings. The van der Waals surface area contributed by atoms with Crippen LogP contribution >= 0.6 is 22.9 Å². The van der Waals surface area contributed by atoms with Crippen molar-refractivity contribution in [3.63, 3.8) is 0 Å². The van der Waals surface area contributed by atoms with Gasteiger partial charge in [-0.15, -0.1) is 11.3 Å². The zero-order chi connectivity index (χ0) is 14.7. The summed E-state index contributed by atoms with van der Waals surface area (Å²) in [5, 5.41) is 3.16. The molecular weight excluding hydrogens is 304 g/mol. The summed E-state index contributed by atoms with van der Waals surface area (Å²) in [4.78, 5) is 1.03. The van der Waals surface area contributed by atoms with Gasteiger partial charge in [0.1, 0.15) is 5.75 Å². The van der Waals surface area contributed by atoms with Crippen molar-refractivity contribution >= 4 is 22.9 Å². The lowest BCUT2D eigenvalue weighted by molar-refractivity contribution is -0.0498. The van der Waals surface area contributed by atoms with E-state index in [1.807, 2.05) is 26.1 Å². The van der Waals surface area contributed by atoms with E-state index in [-0.39, 0.29) is 11.8 Å². The van der Waals surface area contributed by atoms with E-state index in [0.717, 1.165) is 20.3 Å². The third kappa shape index (κ3) is 3.48. The minimum atomic E-state index is -2.82. The Kier molecular flexibility index (Phi) is 4.96. The third-order valence-corrected chi connectivity index (χ3v) is 4.49. The predicted molar refractivity (Wildman–Crippen MR) is 78.0 cm³/mol. The van der Waals surface area contributed by atoms with E-state index >= 15 is 0 Å². The van der Waals surface area contributed by atoms with E-state index < -0.39 is 6.61 Å². The van der Waals surface area contributed by atoms with Crippen LogP contribution in [0.4, 0.5) is 8.78 Å². The van der Waals surface area contributed by atoms with Crippen molar-refractivity contribution in [2.45, 2.75) is 19.6 Å². The number of rotatable bonds is 5. The Balaban J connectivity index is 2.31. The number of hydrogen-bond donors (Lipinski definition) is 1. The molecule has 0 radical (unpaired) electrons. The van der Waals surface area contributed by atoms with Crippen molar-refractivity contribution in [2.24, 2.45) is 0 Å². The number of alkyl halides is 2. The lowest BCUT2D eigenvalue weighted by Gasteiger charge is -2.16. The van der Waals surface area contributed by atoms with Crippen LogP contribution in [0.2, 0.25) is 4.34 Å². The summed E-state index contributed by atoms with van der Waals surface area (Å²) in [6.45, 7) is -0.887. The summed E-state index contributed by atoms with van der Waals surface area (Å²) >= 11 is 7.56. The average molecular weight is 318 g/mol. The molecule has 0 saturated heterocycles. The van der Waals surface area contributed by atoms with Crippen LogP contribution in [0.3, 0.4) is 0 Å². The first-order chi connectivity index (χ1) is 9.51. The molecular formula is C14H14ClF2NOS. The summed E-state index contributed by atoms with van der Waals surface area (Å²) in [6.07, 6.45) is 0. The lowest BCUT2D eigenvalue weighted by Crippen LogP contribution is -2.16. The fourth-order valence-corrected chi connectivity index (χ4v) is 3.33. The highest BCUT2D eigenvalue weighted by molar-refractivity contribution is 7.16. The van der Waals surface area contributed by atoms with Gasteiger partial charge in [0.25, 0.3) is 0 Å². The zero-order valence-corrected chi connectivity index (χ0v) is 12.6. The van der Waals surface area contributed by atoms with Crippen molar-refractivity contribution in [1.29, 1.82) is 0 Å².